The van der Waals surface area contributed by atoms with Crippen molar-refractivity contribution in [2.75, 3.05) is 0 Å². The van der Waals surface area contributed by atoms with Gasteiger partial charge in [-0.15, -0.1) is 0 Å². The summed E-state index contributed by atoms with van der Waals surface area (Å²) in [5.74, 6) is 0.107. The van der Waals surface area contributed by atoms with Crippen molar-refractivity contribution in [1.29, 1.82) is 0 Å². The summed E-state index contributed by atoms with van der Waals surface area (Å²) in [5, 5.41) is 15.0. The Hall–Kier alpha value is -2.64. The normalized spacial score (nSPS) is 22.5. The number of fused-ring (bicyclic) bond motifs is 2. The minimum atomic E-state index is 0.0534. The van der Waals surface area contributed by atoms with E-state index >= 15 is 0 Å². The molecule has 2 N–H and O–H groups in total. The summed E-state index contributed by atoms with van der Waals surface area (Å²) in [6.07, 6.45) is 12.8. The first-order chi connectivity index (χ1) is 14.7. The van der Waals surface area contributed by atoms with Gasteiger partial charge < -0.3 is 10.6 Å². The molecule has 3 aliphatic rings. The van der Waals surface area contributed by atoms with Crippen molar-refractivity contribution >= 4 is 11.8 Å². The third-order valence-electron chi connectivity index (χ3n) is 6.71. The molecule has 1 aliphatic carbocycles. The van der Waals surface area contributed by atoms with Crippen LogP contribution in [0.25, 0.3) is 0 Å². The van der Waals surface area contributed by atoms with Gasteiger partial charge in [0, 0.05) is 47.7 Å². The SMILES string of the molecule is O=C(Cc1cnn2c1CCCC2)NC1CC(NC(=O)Cc2cnn3c2CCCC3)C1. The second-order valence-corrected chi connectivity index (χ2v) is 8.95. The Morgan fingerprint density at radius 1 is 0.800 bits per heavy atom. The van der Waals surface area contributed by atoms with Crippen LogP contribution in [0.3, 0.4) is 0 Å². The first kappa shape index (κ1) is 19.3. The highest BCUT2D eigenvalue weighted by atomic mass is 16.2. The van der Waals surface area contributed by atoms with Gasteiger partial charge in [0.25, 0.3) is 0 Å². The fourth-order valence-electron chi connectivity index (χ4n) is 5.02. The van der Waals surface area contributed by atoms with E-state index in [4.69, 9.17) is 0 Å². The summed E-state index contributed by atoms with van der Waals surface area (Å²) in [6.45, 7) is 1.92. The van der Waals surface area contributed by atoms with E-state index in [2.05, 4.69) is 20.8 Å². The lowest BCUT2D eigenvalue weighted by atomic mass is 9.86. The van der Waals surface area contributed by atoms with Gasteiger partial charge in [-0.3, -0.25) is 19.0 Å². The summed E-state index contributed by atoms with van der Waals surface area (Å²) in [5.41, 5.74) is 4.55. The van der Waals surface area contributed by atoms with Crippen molar-refractivity contribution in [2.24, 2.45) is 0 Å². The third kappa shape index (κ3) is 4.00. The minimum Gasteiger partial charge on any atom is -0.353 e. The molecule has 0 saturated heterocycles. The van der Waals surface area contributed by atoms with Crippen LogP contribution >= 0.6 is 0 Å². The first-order valence-electron chi connectivity index (χ1n) is 11.3. The first-order valence-corrected chi connectivity index (χ1v) is 11.3. The highest BCUT2D eigenvalue weighted by Crippen LogP contribution is 2.23. The molecule has 5 rings (SSSR count). The molecule has 0 radical (unpaired) electrons. The number of hydrogen-bond donors (Lipinski definition) is 2. The topological polar surface area (TPSA) is 93.8 Å². The molecule has 0 unspecified atom stereocenters. The molecule has 1 saturated carbocycles. The molecule has 2 aromatic rings. The summed E-state index contributed by atoms with van der Waals surface area (Å²) >= 11 is 0. The summed E-state index contributed by atoms with van der Waals surface area (Å²) in [6, 6.07) is 0.302. The second-order valence-electron chi connectivity index (χ2n) is 8.95. The van der Waals surface area contributed by atoms with E-state index in [0.717, 1.165) is 49.9 Å². The van der Waals surface area contributed by atoms with E-state index in [-0.39, 0.29) is 23.9 Å². The van der Waals surface area contributed by atoms with Crippen LogP contribution in [0.5, 0.6) is 0 Å². The standard InChI is InChI=1S/C22H30N6O2/c29-21(9-15-13-23-27-7-3-1-5-19(15)27)25-17-11-18(12-17)26-22(30)10-16-14-24-28-8-4-2-6-20(16)28/h13-14,17-18H,1-12H2,(H,25,29)(H,26,30). The van der Waals surface area contributed by atoms with E-state index in [1.165, 1.54) is 37.1 Å². The summed E-state index contributed by atoms with van der Waals surface area (Å²) in [4.78, 5) is 24.9. The van der Waals surface area contributed by atoms with Crippen LogP contribution in [0.2, 0.25) is 0 Å². The highest BCUT2D eigenvalue weighted by molar-refractivity contribution is 5.80. The molecule has 8 nitrogen and oxygen atoms in total. The lowest BCUT2D eigenvalue weighted by Crippen LogP contribution is -2.54. The predicted octanol–water partition coefficient (Wildman–Crippen LogP) is 1.30. The minimum absolute atomic E-state index is 0.0534. The monoisotopic (exact) mass is 410 g/mol. The zero-order valence-electron chi connectivity index (χ0n) is 17.4. The second kappa shape index (κ2) is 8.24. The maximum Gasteiger partial charge on any atom is 0.224 e. The quantitative estimate of drug-likeness (QED) is 0.751. The maximum absolute atomic E-state index is 12.4. The van der Waals surface area contributed by atoms with Gasteiger partial charge in [0.05, 0.1) is 25.2 Å². The zero-order chi connectivity index (χ0) is 20.5. The Kier molecular flexibility index (Phi) is 5.31. The van der Waals surface area contributed by atoms with E-state index in [9.17, 15) is 9.59 Å². The van der Waals surface area contributed by atoms with Gasteiger partial charge in [-0.25, -0.2) is 0 Å². The van der Waals surface area contributed by atoms with Gasteiger partial charge in [0.15, 0.2) is 0 Å². The molecule has 1 fully saturated rings. The van der Waals surface area contributed by atoms with Gasteiger partial charge in [-0.2, -0.15) is 10.2 Å². The van der Waals surface area contributed by atoms with E-state index < -0.39 is 0 Å². The number of carbonyl (C=O) groups excluding carboxylic acids is 2. The van der Waals surface area contributed by atoms with Crippen molar-refractivity contribution in [3.8, 4) is 0 Å². The molecule has 4 heterocycles. The van der Waals surface area contributed by atoms with Gasteiger partial charge in [-0.05, 0) is 51.4 Å². The average Bonchev–Trinajstić information content (AvgIpc) is 3.31. The van der Waals surface area contributed by atoms with Crippen molar-refractivity contribution in [1.82, 2.24) is 30.2 Å². The van der Waals surface area contributed by atoms with Gasteiger partial charge in [0.2, 0.25) is 11.8 Å². The fraction of sp³-hybridized carbons (Fsp3) is 0.636. The fourth-order valence-corrected chi connectivity index (χ4v) is 5.02. The average molecular weight is 411 g/mol. The molecule has 0 aromatic carbocycles. The third-order valence-corrected chi connectivity index (χ3v) is 6.71. The molecule has 30 heavy (non-hydrogen) atoms. The number of hydrogen-bond acceptors (Lipinski definition) is 4. The summed E-state index contributed by atoms with van der Waals surface area (Å²) < 4.78 is 4.08. The van der Waals surface area contributed by atoms with Gasteiger partial charge in [0.1, 0.15) is 0 Å². The molecular weight excluding hydrogens is 380 g/mol. The Morgan fingerprint density at radius 2 is 1.27 bits per heavy atom. The number of nitrogens with zero attached hydrogens (tertiary/aromatic N) is 4. The zero-order valence-corrected chi connectivity index (χ0v) is 17.4. The molecule has 160 valence electrons. The molecule has 0 atom stereocenters. The smallest absolute Gasteiger partial charge is 0.224 e. The molecule has 8 heteroatoms. The predicted molar refractivity (Wildman–Crippen MR) is 111 cm³/mol. The lowest BCUT2D eigenvalue weighted by molar-refractivity contribution is -0.122. The number of aryl methyl sites for hydroxylation is 2. The maximum atomic E-state index is 12.4. The van der Waals surface area contributed by atoms with Crippen molar-refractivity contribution in [3.63, 3.8) is 0 Å². The van der Waals surface area contributed by atoms with Crippen LogP contribution in [0.4, 0.5) is 0 Å². The lowest BCUT2D eigenvalue weighted by Gasteiger charge is -2.36. The van der Waals surface area contributed by atoms with Crippen LogP contribution < -0.4 is 10.6 Å². The number of aromatic nitrogens is 4. The van der Waals surface area contributed by atoms with E-state index in [1.807, 2.05) is 21.8 Å². The van der Waals surface area contributed by atoms with Crippen LogP contribution in [0, 0.1) is 0 Å². The van der Waals surface area contributed by atoms with E-state index in [0.29, 0.717) is 12.8 Å². The summed E-state index contributed by atoms with van der Waals surface area (Å²) in [7, 11) is 0. The van der Waals surface area contributed by atoms with Crippen LogP contribution in [0.1, 0.15) is 61.0 Å². The Labute approximate surface area is 176 Å². The Balaban J connectivity index is 1.05. The number of nitrogens with one attached hydrogen (secondary N) is 2. The Bertz CT molecular complexity index is 865. The molecular formula is C22H30N6O2. The molecule has 0 bridgehead atoms. The number of amides is 2. The van der Waals surface area contributed by atoms with Crippen LogP contribution in [0.15, 0.2) is 12.4 Å². The molecule has 0 spiro atoms. The molecule has 2 aliphatic heterocycles. The van der Waals surface area contributed by atoms with Crippen molar-refractivity contribution < 1.29 is 9.59 Å². The molecule has 2 aromatic heterocycles. The van der Waals surface area contributed by atoms with Crippen LogP contribution in [-0.2, 0) is 48.4 Å². The van der Waals surface area contributed by atoms with Gasteiger partial charge >= 0.3 is 0 Å². The van der Waals surface area contributed by atoms with Gasteiger partial charge in [-0.1, -0.05) is 0 Å². The Morgan fingerprint density at radius 3 is 1.73 bits per heavy atom. The number of carbonyl (C=O) groups is 2. The highest BCUT2D eigenvalue weighted by Gasteiger charge is 2.32. The largest absolute Gasteiger partial charge is 0.353 e. The van der Waals surface area contributed by atoms with E-state index in [1.54, 1.807) is 0 Å². The number of rotatable bonds is 6. The van der Waals surface area contributed by atoms with Crippen LogP contribution in [-0.4, -0.2) is 43.5 Å². The molecule has 2 amide bonds. The van der Waals surface area contributed by atoms with Crippen molar-refractivity contribution in [3.05, 3.63) is 34.9 Å². The van der Waals surface area contributed by atoms with Crippen molar-refractivity contribution in [2.45, 2.75) is 89.4 Å².